The molecule has 0 spiro atoms. The number of aliphatic imine (C=N–C) groups is 1. The molecule has 0 amide bonds. The number of aromatic hydroxyl groups is 1. The maximum absolute atomic E-state index is 10.3. The molecule has 2 atom stereocenters. The van der Waals surface area contributed by atoms with Crippen molar-refractivity contribution in [2.24, 2.45) is 4.99 Å². The third-order valence-corrected chi connectivity index (χ3v) is 5.46. The Morgan fingerprint density at radius 2 is 1.78 bits per heavy atom. The molecule has 27 heavy (non-hydrogen) atoms. The highest BCUT2D eigenvalue weighted by atomic mass is 79.9. The van der Waals surface area contributed by atoms with E-state index in [1.54, 1.807) is 6.07 Å². The smallest absolute Gasteiger partial charge is 0.126 e. The summed E-state index contributed by atoms with van der Waals surface area (Å²) in [5, 5.41) is 14.6. The Bertz CT molecular complexity index is 988. The first-order valence-electron chi connectivity index (χ1n) is 8.72. The summed E-state index contributed by atoms with van der Waals surface area (Å²) in [6.07, 6.45) is 0.468. The first-order valence-corrected chi connectivity index (χ1v) is 9.89. The highest BCUT2D eigenvalue weighted by Crippen LogP contribution is 2.34. The Morgan fingerprint density at radius 1 is 1.00 bits per heavy atom. The molecule has 4 rings (SSSR count). The molecule has 1 aliphatic heterocycles. The molecule has 5 heteroatoms. The average Bonchev–Trinajstić information content (AvgIpc) is 2.68. The molecule has 3 aromatic carbocycles. The number of nitrogens with one attached hydrogen (secondary N) is 1. The third kappa shape index (κ3) is 4.08. The molecule has 136 valence electrons. The van der Waals surface area contributed by atoms with Crippen LogP contribution in [0.5, 0.6) is 5.75 Å². The second-order valence-corrected chi connectivity index (χ2v) is 7.87. The van der Waals surface area contributed by atoms with Crippen molar-refractivity contribution in [3.8, 4) is 5.75 Å². The van der Waals surface area contributed by atoms with Crippen LogP contribution >= 0.6 is 27.5 Å². The van der Waals surface area contributed by atoms with Crippen LogP contribution in [0.2, 0.25) is 5.02 Å². The minimum atomic E-state index is -0.203. The summed E-state index contributed by atoms with van der Waals surface area (Å²) in [6.45, 7) is 0. The summed E-state index contributed by atoms with van der Waals surface area (Å²) >= 11 is 9.68. The maximum Gasteiger partial charge on any atom is 0.126 e. The van der Waals surface area contributed by atoms with Gasteiger partial charge in [0.1, 0.15) is 11.9 Å². The lowest BCUT2D eigenvalue weighted by Gasteiger charge is -2.31. The Balaban J connectivity index is 1.76. The van der Waals surface area contributed by atoms with Crippen molar-refractivity contribution >= 4 is 33.2 Å². The number of para-hydroxylation sites is 1. The molecule has 0 saturated carbocycles. The van der Waals surface area contributed by atoms with Crippen molar-refractivity contribution in [1.82, 2.24) is 5.32 Å². The minimum absolute atomic E-state index is 0.0497. The van der Waals surface area contributed by atoms with E-state index in [1.807, 2.05) is 66.7 Å². The number of phenols is 1. The largest absolute Gasteiger partial charge is 0.508 e. The molecule has 0 unspecified atom stereocenters. The van der Waals surface area contributed by atoms with Crippen molar-refractivity contribution < 1.29 is 5.11 Å². The van der Waals surface area contributed by atoms with Crippen LogP contribution in [0.25, 0.3) is 0 Å². The number of phenolic OH excluding ortho intramolecular Hbond substituents is 1. The molecular formula is C22H18BrClN2O. The molecule has 0 saturated heterocycles. The van der Waals surface area contributed by atoms with Crippen molar-refractivity contribution in [3.63, 3.8) is 0 Å². The van der Waals surface area contributed by atoms with Gasteiger partial charge in [0, 0.05) is 33.2 Å². The predicted molar refractivity (Wildman–Crippen MR) is 113 cm³/mol. The van der Waals surface area contributed by atoms with Gasteiger partial charge in [-0.3, -0.25) is 10.3 Å². The van der Waals surface area contributed by atoms with Crippen LogP contribution in [-0.4, -0.2) is 10.8 Å². The van der Waals surface area contributed by atoms with Crippen LogP contribution in [0, 0.1) is 0 Å². The molecule has 2 N–H and O–H groups in total. The topological polar surface area (TPSA) is 44.6 Å². The Morgan fingerprint density at radius 3 is 2.52 bits per heavy atom. The van der Waals surface area contributed by atoms with Gasteiger partial charge < -0.3 is 5.11 Å². The fourth-order valence-corrected chi connectivity index (χ4v) is 3.80. The van der Waals surface area contributed by atoms with Crippen LogP contribution in [0.3, 0.4) is 0 Å². The SMILES string of the molecule is Oc1ccccc1[C@H]1CC(c2cccc(Cl)c2)=N[C@H](c2ccc(Br)cc2)N1. The summed E-state index contributed by atoms with van der Waals surface area (Å²) in [5.41, 5.74) is 3.91. The number of hydrogen-bond acceptors (Lipinski definition) is 3. The van der Waals surface area contributed by atoms with Crippen LogP contribution in [0.4, 0.5) is 0 Å². The van der Waals surface area contributed by atoms with E-state index in [9.17, 15) is 5.11 Å². The van der Waals surface area contributed by atoms with Gasteiger partial charge >= 0.3 is 0 Å². The fraction of sp³-hybridized carbons (Fsp3) is 0.136. The van der Waals surface area contributed by atoms with Crippen LogP contribution in [-0.2, 0) is 0 Å². The molecule has 1 aliphatic rings. The van der Waals surface area contributed by atoms with E-state index in [0.29, 0.717) is 11.4 Å². The second kappa shape index (κ2) is 7.85. The van der Waals surface area contributed by atoms with E-state index in [2.05, 4.69) is 21.2 Å². The van der Waals surface area contributed by atoms with Gasteiger partial charge in [0.25, 0.3) is 0 Å². The zero-order chi connectivity index (χ0) is 18.8. The number of nitrogens with zero attached hydrogens (tertiary/aromatic N) is 1. The molecule has 1 heterocycles. The lowest BCUT2D eigenvalue weighted by molar-refractivity contribution is 0.412. The highest BCUT2D eigenvalue weighted by Gasteiger charge is 2.27. The number of rotatable bonds is 3. The number of benzene rings is 3. The zero-order valence-corrected chi connectivity index (χ0v) is 16.8. The average molecular weight is 442 g/mol. The van der Waals surface area contributed by atoms with Gasteiger partial charge in [-0.1, -0.05) is 70.0 Å². The van der Waals surface area contributed by atoms with Crippen LogP contribution in [0.1, 0.15) is 35.3 Å². The van der Waals surface area contributed by atoms with Gasteiger partial charge in [0.15, 0.2) is 0 Å². The molecule has 0 bridgehead atoms. The summed E-state index contributed by atoms with van der Waals surface area (Å²) in [7, 11) is 0. The Labute approximate surface area is 171 Å². The molecule has 3 aromatic rings. The molecule has 0 aromatic heterocycles. The van der Waals surface area contributed by atoms with E-state index >= 15 is 0 Å². The second-order valence-electron chi connectivity index (χ2n) is 6.52. The highest BCUT2D eigenvalue weighted by molar-refractivity contribution is 9.10. The fourth-order valence-electron chi connectivity index (χ4n) is 3.35. The normalized spacial score (nSPS) is 19.6. The van der Waals surface area contributed by atoms with Crippen molar-refractivity contribution in [3.05, 3.63) is 99.0 Å². The third-order valence-electron chi connectivity index (χ3n) is 4.70. The predicted octanol–water partition coefficient (Wildman–Crippen LogP) is 6.03. The van der Waals surface area contributed by atoms with E-state index in [-0.39, 0.29) is 18.0 Å². The lowest BCUT2D eigenvalue weighted by Crippen LogP contribution is -2.33. The molecule has 0 fully saturated rings. The molecule has 0 radical (unpaired) electrons. The van der Waals surface area contributed by atoms with Gasteiger partial charge in [-0.15, -0.1) is 0 Å². The Hall–Kier alpha value is -2.14. The van der Waals surface area contributed by atoms with Crippen molar-refractivity contribution in [2.75, 3.05) is 0 Å². The number of hydrogen-bond donors (Lipinski definition) is 2. The lowest BCUT2D eigenvalue weighted by atomic mass is 9.93. The van der Waals surface area contributed by atoms with Crippen molar-refractivity contribution in [2.45, 2.75) is 18.6 Å². The standard InChI is InChI=1S/C22H18BrClN2O/c23-16-10-8-14(9-11-16)22-25-19(15-4-3-5-17(24)12-15)13-20(26-22)18-6-1-2-7-21(18)27/h1-12,20,22,26-27H,13H2/t20-,22+/m1/s1. The van der Waals surface area contributed by atoms with E-state index in [1.165, 1.54) is 0 Å². The van der Waals surface area contributed by atoms with Gasteiger partial charge in [0.2, 0.25) is 0 Å². The summed E-state index contributed by atoms with van der Waals surface area (Å²) in [6, 6.07) is 23.3. The van der Waals surface area contributed by atoms with Crippen LogP contribution in [0.15, 0.2) is 82.3 Å². The Kier molecular flexibility index (Phi) is 5.30. The van der Waals surface area contributed by atoms with Crippen molar-refractivity contribution in [1.29, 1.82) is 0 Å². The maximum atomic E-state index is 10.3. The van der Waals surface area contributed by atoms with E-state index < -0.39 is 0 Å². The summed E-state index contributed by atoms with van der Waals surface area (Å²) < 4.78 is 1.03. The quantitative estimate of drug-likeness (QED) is 0.521. The van der Waals surface area contributed by atoms with E-state index in [0.717, 1.165) is 26.9 Å². The van der Waals surface area contributed by atoms with E-state index in [4.69, 9.17) is 16.6 Å². The summed E-state index contributed by atoms with van der Waals surface area (Å²) in [4.78, 5) is 4.95. The molecular weight excluding hydrogens is 424 g/mol. The minimum Gasteiger partial charge on any atom is -0.508 e. The molecule has 3 nitrogen and oxygen atoms in total. The van der Waals surface area contributed by atoms with Gasteiger partial charge in [0.05, 0.1) is 0 Å². The molecule has 0 aliphatic carbocycles. The van der Waals surface area contributed by atoms with Gasteiger partial charge in [-0.2, -0.15) is 0 Å². The zero-order valence-electron chi connectivity index (χ0n) is 14.4. The first kappa shape index (κ1) is 18.2. The summed E-state index contributed by atoms with van der Waals surface area (Å²) in [5.74, 6) is 0.289. The van der Waals surface area contributed by atoms with Gasteiger partial charge in [-0.25, -0.2) is 0 Å². The van der Waals surface area contributed by atoms with Crippen LogP contribution < -0.4 is 5.32 Å². The number of halogens is 2. The first-order chi connectivity index (χ1) is 13.1. The monoisotopic (exact) mass is 440 g/mol. The van der Waals surface area contributed by atoms with Gasteiger partial charge in [-0.05, 0) is 41.5 Å².